The number of hydrogen-bond donors (Lipinski definition) is 1. The predicted molar refractivity (Wildman–Crippen MR) is 67.8 cm³/mol. The van der Waals surface area contributed by atoms with Crippen molar-refractivity contribution in [2.45, 2.75) is 58.2 Å². The smallest absolute Gasteiger partial charge is 0.309 e. The van der Waals surface area contributed by atoms with Crippen molar-refractivity contribution >= 4 is 5.97 Å². The van der Waals surface area contributed by atoms with E-state index in [4.69, 9.17) is 4.74 Å². The highest BCUT2D eigenvalue weighted by molar-refractivity contribution is 5.75. The Bertz CT molecular complexity index is 421. The van der Waals surface area contributed by atoms with E-state index in [9.17, 15) is 9.90 Å². The van der Waals surface area contributed by atoms with Crippen LogP contribution in [0.25, 0.3) is 0 Å². The Kier molecular flexibility index (Phi) is 2.60. The predicted octanol–water partition coefficient (Wildman–Crippen LogP) is 2.44. The third kappa shape index (κ3) is 1.63. The molecule has 1 unspecified atom stereocenters. The summed E-state index contributed by atoms with van der Waals surface area (Å²) in [6.07, 6.45) is 3.66. The molecule has 2 fully saturated rings. The lowest BCUT2D eigenvalue weighted by atomic mass is 9.79. The van der Waals surface area contributed by atoms with Gasteiger partial charge in [0.15, 0.2) is 0 Å². The van der Waals surface area contributed by atoms with Gasteiger partial charge in [0.25, 0.3) is 0 Å². The molecule has 1 heterocycles. The number of hydrogen-bond acceptors (Lipinski definition) is 3. The van der Waals surface area contributed by atoms with Crippen LogP contribution in [0.2, 0.25) is 0 Å². The molecule has 1 N–H and O–H groups in total. The van der Waals surface area contributed by atoms with E-state index in [-0.39, 0.29) is 29.8 Å². The van der Waals surface area contributed by atoms with Crippen molar-refractivity contribution in [3.05, 3.63) is 11.1 Å². The molecule has 3 aliphatic rings. The van der Waals surface area contributed by atoms with Gasteiger partial charge in [0.05, 0.1) is 11.5 Å². The van der Waals surface area contributed by atoms with Gasteiger partial charge in [-0.05, 0) is 33.1 Å². The molecule has 1 saturated heterocycles. The van der Waals surface area contributed by atoms with Gasteiger partial charge in [-0.15, -0.1) is 0 Å². The molecule has 18 heavy (non-hydrogen) atoms. The van der Waals surface area contributed by atoms with E-state index >= 15 is 0 Å². The van der Waals surface area contributed by atoms with Gasteiger partial charge >= 0.3 is 5.97 Å². The molecule has 1 saturated carbocycles. The molecular formula is C15H22O3. The zero-order valence-corrected chi connectivity index (χ0v) is 11.4. The highest BCUT2D eigenvalue weighted by Crippen LogP contribution is 2.51. The van der Waals surface area contributed by atoms with Crippen molar-refractivity contribution < 1.29 is 14.6 Å². The average molecular weight is 250 g/mol. The summed E-state index contributed by atoms with van der Waals surface area (Å²) < 4.78 is 5.51. The quantitative estimate of drug-likeness (QED) is 0.530. The molecule has 2 aliphatic carbocycles. The van der Waals surface area contributed by atoms with Crippen LogP contribution in [0.1, 0.15) is 46.5 Å². The van der Waals surface area contributed by atoms with Gasteiger partial charge in [0, 0.05) is 18.3 Å². The number of carbonyl (C=O) groups excluding carboxylic acids is 1. The van der Waals surface area contributed by atoms with Gasteiger partial charge in [0.2, 0.25) is 0 Å². The van der Waals surface area contributed by atoms with Gasteiger partial charge < -0.3 is 9.84 Å². The molecule has 3 rings (SSSR count). The lowest BCUT2D eigenvalue weighted by molar-refractivity contribution is -0.143. The molecule has 0 bridgehead atoms. The molecule has 0 radical (unpaired) electrons. The summed E-state index contributed by atoms with van der Waals surface area (Å²) in [5.41, 5.74) is 2.17. The van der Waals surface area contributed by atoms with Crippen LogP contribution in [-0.2, 0) is 9.53 Å². The Morgan fingerprint density at radius 3 is 2.89 bits per heavy atom. The van der Waals surface area contributed by atoms with Crippen LogP contribution in [0, 0.1) is 17.8 Å². The van der Waals surface area contributed by atoms with Crippen LogP contribution >= 0.6 is 0 Å². The minimum absolute atomic E-state index is 0.0152. The Balaban J connectivity index is 1.96. The third-order valence-corrected chi connectivity index (χ3v) is 5.39. The Labute approximate surface area is 108 Å². The number of carbonyl (C=O) groups is 1. The molecule has 0 amide bonds. The fourth-order valence-corrected chi connectivity index (χ4v) is 4.11. The second-order valence-corrected chi connectivity index (χ2v) is 6.58. The number of esters is 1. The van der Waals surface area contributed by atoms with E-state index < -0.39 is 5.60 Å². The van der Waals surface area contributed by atoms with E-state index in [0.717, 1.165) is 25.7 Å². The van der Waals surface area contributed by atoms with Crippen molar-refractivity contribution in [1.29, 1.82) is 0 Å². The van der Waals surface area contributed by atoms with E-state index in [2.05, 4.69) is 6.92 Å². The van der Waals surface area contributed by atoms with Gasteiger partial charge in [-0.3, -0.25) is 4.79 Å². The first-order valence-electron chi connectivity index (χ1n) is 7.01. The monoisotopic (exact) mass is 250 g/mol. The maximum Gasteiger partial charge on any atom is 0.309 e. The molecular weight excluding hydrogens is 228 g/mol. The summed E-state index contributed by atoms with van der Waals surface area (Å²) in [5, 5.41) is 10.5. The van der Waals surface area contributed by atoms with Crippen molar-refractivity contribution in [3.63, 3.8) is 0 Å². The number of ether oxygens (including phenoxy) is 1. The highest BCUT2D eigenvalue weighted by Gasteiger charge is 2.50. The molecule has 3 heteroatoms. The maximum absolute atomic E-state index is 11.7. The van der Waals surface area contributed by atoms with Crippen molar-refractivity contribution in [2.24, 2.45) is 17.8 Å². The summed E-state index contributed by atoms with van der Waals surface area (Å²) in [5.74, 6) is 0.432. The topological polar surface area (TPSA) is 46.5 Å². The van der Waals surface area contributed by atoms with Crippen LogP contribution in [-0.4, -0.2) is 22.8 Å². The van der Waals surface area contributed by atoms with Gasteiger partial charge in [-0.25, -0.2) is 0 Å². The number of rotatable bonds is 0. The Morgan fingerprint density at radius 1 is 1.44 bits per heavy atom. The summed E-state index contributed by atoms with van der Waals surface area (Å²) in [6.45, 7) is 6.06. The minimum atomic E-state index is -0.600. The zero-order chi connectivity index (χ0) is 13.1. The van der Waals surface area contributed by atoms with E-state index in [1.54, 1.807) is 0 Å². The molecule has 100 valence electrons. The first kappa shape index (κ1) is 12.2. The number of aliphatic hydroxyl groups is 1. The third-order valence-electron chi connectivity index (χ3n) is 5.39. The Hall–Kier alpha value is -0.830. The summed E-state index contributed by atoms with van der Waals surface area (Å²) in [7, 11) is 0. The minimum Gasteiger partial charge on any atom is -0.461 e. The molecule has 5 atom stereocenters. The fraction of sp³-hybridized carbons (Fsp3) is 0.800. The standard InChI is InChI=1S/C15H22O3/c1-8-6-13-11(9(2)14(16)18-13)7-12-10(8)4-5-15(12,3)17/h9,11-13,17H,4-7H2,1-3H3/t9?,11-,12-,13-,15-/m1/s1. The SMILES string of the molecule is CC1=C2CC[C@@](C)(O)[C@@H]2C[C@@H]2C(C)C(=O)O[C@@H]2C1. The molecule has 0 spiro atoms. The summed E-state index contributed by atoms with van der Waals surface area (Å²) in [4.78, 5) is 11.7. The van der Waals surface area contributed by atoms with Crippen LogP contribution in [0.3, 0.4) is 0 Å². The van der Waals surface area contributed by atoms with Crippen LogP contribution in [0.15, 0.2) is 11.1 Å². The summed E-state index contributed by atoms with van der Waals surface area (Å²) in [6, 6.07) is 0. The molecule has 0 aromatic heterocycles. The normalized spacial score (nSPS) is 47.7. The number of fused-ring (bicyclic) bond motifs is 2. The van der Waals surface area contributed by atoms with Crippen LogP contribution in [0.5, 0.6) is 0 Å². The molecule has 1 aliphatic heterocycles. The van der Waals surface area contributed by atoms with Crippen molar-refractivity contribution in [3.8, 4) is 0 Å². The van der Waals surface area contributed by atoms with Gasteiger partial charge in [-0.1, -0.05) is 18.1 Å². The lowest BCUT2D eigenvalue weighted by Crippen LogP contribution is -2.32. The zero-order valence-electron chi connectivity index (χ0n) is 11.4. The van der Waals surface area contributed by atoms with Gasteiger partial charge in [0.1, 0.15) is 6.10 Å². The highest BCUT2D eigenvalue weighted by atomic mass is 16.6. The van der Waals surface area contributed by atoms with Crippen LogP contribution < -0.4 is 0 Å². The van der Waals surface area contributed by atoms with Crippen molar-refractivity contribution in [2.75, 3.05) is 0 Å². The Morgan fingerprint density at radius 2 is 2.17 bits per heavy atom. The lowest BCUT2D eigenvalue weighted by Gasteiger charge is -2.29. The molecule has 3 nitrogen and oxygen atoms in total. The second-order valence-electron chi connectivity index (χ2n) is 6.58. The largest absolute Gasteiger partial charge is 0.461 e. The molecule has 0 aromatic carbocycles. The summed E-state index contributed by atoms with van der Waals surface area (Å²) >= 11 is 0. The molecule has 0 aromatic rings. The first-order chi connectivity index (χ1) is 8.40. The second kappa shape index (κ2) is 3.83. The van der Waals surface area contributed by atoms with E-state index in [1.807, 2.05) is 13.8 Å². The van der Waals surface area contributed by atoms with Crippen molar-refractivity contribution in [1.82, 2.24) is 0 Å². The maximum atomic E-state index is 11.7. The fourth-order valence-electron chi connectivity index (χ4n) is 4.11. The van der Waals surface area contributed by atoms with Crippen LogP contribution in [0.4, 0.5) is 0 Å². The van der Waals surface area contributed by atoms with E-state index in [0.29, 0.717) is 0 Å². The van der Waals surface area contributed by atoms with Gasteiger partial charge in [-0.2, -0.15) is 0 Å². The average Bonchev–Trinajstić information content (AvgIpc) is 2.65. The first-order valence-corrected chi connectivity index (χ1v) is 7.01. The van der Waals surface area contributed by atoms with E-state index in [1.165, 1.54) is 11.1 Å².